The molecule has 4 heteroatoms. The summed E-state index contributed by atoms with van der Waals surface area (Å²) in [4.78, 5) is 9.31. The van der Waals surface area contributed by atoms with Gasteiger partial charge in [0, 0.05) is 24.7 Å². The summed E-state index contributed by atoms with van der Waals surface area (Å²) in [6.45, 7) is 11.7. The molecule has 4 nitrogen and oxygen atoms in total. The van der Waals surface area contributed by atoms with E-state index in [-0.39, 0.29) is 11.3 Å². The van der Waals surface area contributed by atoms with E-state index in [2.05, 4.69) is 44.2 Å². The monoisotopic (exact) mass is 274 g/mol. The first kappa shape index (κ1) is 15.0. The molecule has 2 heterocycles. The van der Waals surface area contributed by atoms with E-state index in [1.807, 2.05) is 18.3 Å². The van der Waals surface area contributed by atoms with Crippen LogP contribution in [0, 0.1) is 5.41 Å². The van der Waals surface area contributed by atoms with Gasteiger partial charge >= 0.3 is 0 Å². The van der Waals surface area contributed by atoms with Crippen LogP contribution in [0.15, 0.2) is 18.3 Å². The van der Waals surface area contributed by atoms with Crippen LogP contribution in [0.2, 0.25) is 0 Å². The van der Waals surface area contributed by atoms with E-state index in [1.165, 1.54) is 0 Å². The Bertz CT molecular complexity index is 578. The van der Waals surface area contributed by atoms with Crippen molar-refractivity contribution in [2.24, 2.45) is 11.1 Å². The zero-order valence-electron chi connectivity index (χ0n) is 13.2. The van der Waals surface area contributed by atoms with Crippen molar-refractivity contribution in [3.05, 3.63) is 24.2 Å². The van der Waals surface area contributed by atoms with Crippen LogP contribution < -0.4 is 5.73 Å². The van der Waals surface area contributed by atoms with E-state index in [1.54, 1.807) is 0 Å². The molecule has 20 heavy (non-hydrogen) atoms. The minimum atomic E-state index is 0.234. The first-order valence-electron chi connectivity index (χ1n) is 7.36. The first-order valence-corrected chi connectivity index (χ1v) is 7.36. The third-order valence-corrected chi connectivity index (χ3v) is 3.50. The van der Waals surface area contributed by atoms with Gasteiger partial charge in [0.2, 0.25) is 0 Å². The predicted molar refractivity (Wildman–Crippen MR) is 83.8 cm³/mol. The molecule has 2 aromatic heterocycles. The SMILES string of the molecule is CC(C)n1c(C(CN)CC(C)(C)C)nc2cccnc21. The largest absolute Gasteiger partial charge is 0.330 e. The second-order valence-electron chi connectivity index (χ2n) is 6.98. The van der Waals surface area contributed by atoms with Crippen LogP contribution in [-0.4, -0.2) is 21.1 Å². The number of nitrogens with two attached hydrogens (primary N) is 1. The second-order valence-corrected chi connectivity index (χ2v) is 6.98. The van der Waals surface area contributed by atoms with Crippen molar-refractivity contribution in [1.29, 1.82) is 0 Å². The van der Waals surface area contributed by atoms with Gasteiger partial charge in [-0.1, -0.05) is 20.8 Å². The molecule has 1 atom stereocenters. The van der Waals surface area contributed by atoms with Gasteiger partial charge in [-0.2, -0.15) is 0 Å². The zero-order valence-corrected chi connectivity index (χ0v) is 13.2. The lowest BCUT2D eigenvalue weighted by atomic mass is 9.84. The van der Waals surface area contributed by atoms with Gasteiger partial charge in [-0.3, -0.25) is 0 Å². The van der Waals surface area contributed by atoms with Crippen LogP contribution in [0.3, 0.4) is 0 Å². The van der Waals surface area contributed by atoms with Gasteiger partial charge in [0.15, 0.2) is 5.65 Å². The molecule has 2 aromatic rings. The highest BCUT2D eigenvalue weighted by Crippen LogP contribution is 2.32. The first-order chi connectivity index (χ1) is 9.33. The van der Waals surface area contributed by atoms with Crippen molar-refractivity contribution in [3.8, 4) is 0 Å². The molecule has 110 valence electrons. The van der Waals surface area contributed by atoms with Crippen LogP contribution in [0.5, 0.6) is 0 Å². The third-order valence-electron chi connectivity index (χ3n) is 3.50. The summed E-state index contributed by atoms with van der Waals surface area (Å²) in [5, 5.41) is 0. The lowest BCUT2D eigenvalue weighted by molar-refractivity contribution is 0.329. The van der Waals surface area contributed by atoms with Crippen LogP contribution in [0.4, 0.5) is 0 Å². The topological polar surface area (TPSA) is 56.7 Å². The van der Waals surface area contributed by atoms with E-state index in [9.17, 15) is 0 Å². The van der Waals surface area contributed by atoms with Gasteiger partial charge in [0.25, 0.3) is 0 Å². The number of rotatable bonds is 4. The summed E-state index contributed by atoms with van der Waals surface area (Å²) in [7, 11) is 0. The molecular formula is C16H26N4. The molecule has 0 aliphatic heterocycles. The van der Waals surface area contributed by atoms with Gasteiger partial charge in [-0.15, -0.1) is 0 Å². The maximum Gasteiger partial charge on any atom is 0.160 e. The molecule has 0 bridgehead atoms. The molecule has 0 saturated heterocycles. The Morgan fingerprint density at radius 1 is 1.30 bits per heavy atom. The smallest absolute Gasteiger partial charge is 0.160 e. The van der Waals surface area contributed by atoms with Crippen LogP contribution in [0.25, 0.3) is 11.2 Å². The van der Waals surface area contributed by atoms with E-state index in [0.29, 0.717) is 12.6 Å². The molecule has 2 rings (SSSR count). The van der Waals surface area contributed by atoms with Crippen LogP contribution >= 0.6 is 0 Å². The van der Waals surface area contributed by atoms with Crippen molar-refractivity contribution in [1.82, 2.24) is 14.5 Å². The summed E-state index contributed by atoms with van der Waals surface area (Å²) in [5.41, 5.74) is 8.19. The number of hydrogen-bond donors (Lipinski definition) is 1. The lowest BCUT2D eigenvalue weighted by Gasteiger charge is -2.26. The van der Waals surface area contributed by atoms with Crippen LogP contribution in [-0.2, 0) is 0 Å². The minimum Gasteiger partial charge on any atom is -0.330 e. The fourth-order valence-electron chi connectivity index (χ4n) is 2.76. The van der Waals surface area contributed by atoms with Gasteiger partial charge < -0.3 is 10.3 Å². The van der Waals surface area contributed by atoms with Crippen molar-refractivity contribution in [2.45, 2.75) is 53.0 Å². The average Bonchev–Trinajstić information content (AvgIpc) is 2.73. The molecular weight excluding hydrogens is 248 g/mol. The fraction of sp³-hybridized carbons (Fsp3) is 0.625. The van der Waals surface area contributed by atoms with Gasteiger partial charge in [0.05, 0.1) is 0 Å². The highest BCUT2D eigenvalue weighted by Gasteiger charge is 2.25. The average molecular weight is 274 g/mol. The lowest BCUT2D eigenvalue weighted by Crippen LogP contribution is -2.23. The summed E-state index contributed by atoms with van der Waals surface area (Å²) >= 11 is 0. The summed E-state index contributed by atoms with van der Waals surface area (Å²) in [5.74, 6) is 1.35. The van der Waals surface area contributed by atoms with Crippen molar-refractivity contribution >= 4 is 11.2 Å². The second kappa shape index (κ2) is 5.52. The fourth-order valence-corrected chi connectivity index (χ4v) is 2.76. The highest BCUT2D eigenvalue weighted by atomic mass is 15.1. The summed E-state index contributed by atoms with van der Waals surface area (Å²) < 4.78 is 2.23. The highest BCUT2D eigenvalue weighted by molar-refractivity contribution is 5.71. The molecule has 0 radical (unpaired) electrons. The zero-order chi connectivity index (χ0) is 14.9. The molecule has 2 N–H and O–H groups in total. The Hall–Kier alpha value is -1.42. The molecule has 1 unspecified atom stereocenters. The molecule has 0 aliphatic carbocycles. The number of imidazole rings is 1. The van der Waals surface area contributed by atoms with Crippen molar-refractivity contribution in [2.75, 3.05) is 6.54 Å². The standard InChI is InChI=1S/C16H26N4/c1-11(2)20-14(12(10-17)9-16(3,4)5)19-13-7-6-8-18-15(13)20/h6-8,11-12H,9-10,17H2,1-5H3. The number of nitrogens with zero attached hydrogens (tertiary/aromatic N) is 3. The third kappa shape index (κ3) is 3.01. The van der Waals surface area contributed by atoms with E-state index in [4.69, 9.17) is 10.7 Å². The Morgan fingerprint density at radius 2 is 2.00 bits per heavy atom. The number of pyridine rings is 1. The van der Waals surface area contributed by atoms with Crippen molar-refractivity contribution < 1.29 is 0 Å². The maximum atomic E-state index is 6.03. The number of aromatic nitrogens is 3. The number of fused-ring (bicyclic) bond motifs is 1. The Morgan fingerprint density at radius 3 is 2.55 bits per heavy atom. The van der Waals surface area contributed by atoms with Gasteiger partial charge in [-0.25, -0.2) is 9.97 Å². The van der Waals surface area contributed by atoms with Crippen molar-refractivity contribution in [3.63, 3.8) is 0 Å². The minimum absolute atomic E-state index is 0.234. The Kier molecular flexibility index (Phi) is 4.14. The Balaban J connectivity index is 2.54. The molecule has 0 aliphatic rings. The molecule has 0 aromatic carbocycles. The maximum absolute atomic E-state index is 6.03. The molecule has 0 fully saturated rings. The normalized spacial score (nSPS) is 14.2. The molecule has 0 saturated carbocycles. The number of hydrogen-bond acceptors (Lipinski definition) is 3. The predicted octanol–water partition coefficient (Wildman–Crippen LogP) is 3.49. The van der Waals surface area contributed by atoms with Crippen LogP contribution in [0.1, 0.15) is 58.8 Å². The van der Waals surface area contributed by atoms with E-state index in [0.717, 1.165) is 23.4 Å². The quantitative estimate of drug-likeness (QED) is 0.928. The summed E-state index contributed by atoms with van der Waals surface area (Å²) in [6.07, 6.45) is 2.85. The summed E-state index contributed by atoms with van der Waals surface area (Å²) in [6, 6.07) is 4.29. The molecule has 0 spiro atoms. The van der Waals surface area contributed by atoms with Gasteiger partial charge in [-0.05, 0) is 37.8 Å². The van der Waals surface area contributed by atoms with Gasteiger partial charge in [0.1, 0.15) is 11.3 Å². The molecule has 0 amide bonds. The van der Waals surface area contributed by atoms with E-state index < -0.39 is 0 Å². The Labute approximate surface area is 121 Å². The van der Waals surface area contributed by atoms with E-state index >= 15 is 0 Å².